The third-order valence-electron chi connectivity index (χ3n) is 5.10. The van der Waals surface area contributed by atoms with Gasteiger partial charge in [0.2, 0.25) is 11.8 Å². The minimum Gasteiger partial charge on any atom is -0.497 e. The molecule has 0 saturated carbocycles. The average Bonchev–Trinajstić information content (AvgIpc) is 3.12. The largest absolute Gasteiger partial charge is 0.497 e. The number of amides is 2. The predicted molar refractivity (Wildman–Crippen MR) is 114 cm³/mol. The van der Waals surface area contributed by atoms with Crippen molar-refractivity contribution in [2.75, 3.05) is 25.6 Å². The van der Waals surface area contributed by atoms with Crippen molar-refractivity contribution >= 4 is 28.2 Å². The maximum Gasteiger partial charge on any atom is 0.225 e. The highest BCUT2D eigenvalue weighted by Gasteiger charge is 2.27. The molecule has 158 valence electrons. The highest BCUT2D eigenvalue weighted by atomic mass is 32.1. The lowest BCUT2D eigenvalue weighted by Gasteiger charge is -2.27. The normalized spacial score (nSPS) is 12.8. The first-order valence-electron chi connectivity index (χ1n) is 9.91. The number of aliphatic hydroxyl groups is 1. The first-order chi connectivity index (χ1) is 14.5. The number of hydrogen-bond donors (Lipinski definition) is 2. The van der Waals surface area contributed by atoms with Crippen molar-refractivity contribution in [2.24, 2.45) is 0 Å². The number of nitrogens with one attached hydrogen (secondary N) is 1. The number of carbonyl (C=O) groups excluding carboxylic acids is 2. The summed E-state index contributed by atoms with van der Waals surface area (Å²) >= 11 is 1.37. The molecule has 1 aromatic carbocycles. The van der Waals surface area contributed by atoms with E-state index < -0.39 is 0 Å². The fourth-order valence-electron chi connectivity index (χ4n) is 3.49. The summed E-state index contributed by atoms with van der Waals surface area (Å²) in [6.45, 7) is 0.985. The number of aryl methyl sites for hydroxylation is 1. The second kappa shape index (κ2) is 10.2. The summed E-state index contributed by atoms with van der Waals surface area (Å²) in [5.74, 6) is 0.609. The summed E-state index contributed by atoms with van der Waals surface area (Å²) in [6.07, 6.45) is 2.23. The van der Waals surface area contributed by atoms with Crippen LogP contribution in [0.4, 0.5) is 5.00 Å². The van der Waals surface area contributed by atoms with E-state index in [2.05, 4.69) is 11.4 Å². The Morgan fingerprint density at radius 2 is 2.20 bits per heavy atom. The van der Waals surface area contributed by atoms with Gasteiger partial charge in [0, 0.05) is 30.9 Å². The lowest BCUT2D eigenvalue weighted by Crippen LogP contribution is -2.35. The molecule has 0 aliphatic carbocycles. The van der Waals surface area contributed by atoms with Gasteiger partial charge in [0.05, 0.1) is 19.2 Å². The van der Waals surface area contributed by atoms with Crippen LogP contribution in [0.5, 0.6) is 5.75 Å². The quantitative estimate of drug-likeness (QED) is 0.674. The number of ether oxygens (including phenoxy) is 1. The SMILES string of the molecule is COc1cccc(CCC(=O)Nc2sc3c(c2C#N)CCN(C(=O)CCCO)C3)c1. The summed E-state index contributed by atoms with van der Waals surface area (Å²) in [5, 5.41) is 22.0. The van der Waals surface area contributed by atoms with Crippen LogP contribution in [0.25, 0.3) is 0 Å². The highest BCUT2D eigenvalue weighted by molar-refractivity contribution is 7.16. The second-order valence-electron chi connectivity index (χ2n) is 7.11. The van der Waals surface area contributed by atoms with Gasteiger partial charge in [-0.05, 0) is 42.5 Å². The molecule has 3 rings (SSSR count). The number of aliphatic hydroxyl groups excluding tert-OH is 1. The molecule has 0 fully saturated rings. The van der Waals surface area contributed by atoms with Crippen LogP contribution in [0, 0.1) is 11.3 Å². The second-order valence-corrected chi connectivity index (χ2v) is 8.22. The van der Waals surface area contributed by atoms with Gasteiger partial charge < -0.3 is 20.1 Å². The van der Waals surface area contributed by atoms with E-state index in [-0.39, 0.29) is 18.4 Å². The molecule has 0 radical (unpaired) electrons. The maximum absolute atomic E-state index is 12.5. The molecule has 0 saturated heterocycles. The molecule has 2 aromatic rings. The first-order valence-corrected chi connectivity index (χ1v) is 10.7. The van der Waals surface area contributed by atoms with Crippen molar-refractivity contribution in [1.29, 1.82) is 5.26 Å². The summed E-state index contributed by atoms with van der Waals surface area (Å²) in [5.41, 5.74) is 2.44. The molecule has 30 heavy (non-hydrogen) atoms. The van der Waals surface area contributed by atoms with E-state index in [9.17, 15) is 14.9 Å². The number of thiophene rings is 1. The Morgan fingerprint density at radius 1 is 1.37 bits per heavy atom. The molecule has 1 aliphatic heterocycles. The molecule has 0 atom stereocenters. The number of rotatable bonds is 8. The molecule has 0 spiro atoms. The molecule has 0 unspecified atom stereocenters. The van der Waals surface area contributed by atoms with Gasteiger partial charge in [-0.2, -0.15) is 5.26 Å². The van der Waals surface area contributed by atoms with Crippen LogP contribution in [0.15, 0.2) is 24.3 Å². The number of hydrogen-bond acceptors (Lipinski definition) is 6. The molecule has 1 aliphatic rings. The zero-order valence-electron chi connectivity index (χ0n) is 16.9. The Balaban J connectivity index is 1.64. The van der Waals surface area contributed by atoms with Crippen molar-refractivity contribution in [3.63, 3.8) is 0 Å². The summed E-state index contributed by atoms with van der Waals surface area (Å²) in [4.78, 5) is 27.4. The third kappa shape index (κ3) is 5.17. The van der Waals surface area contributed by atoms with Gasteiger partial charge in [-0.15, -0.1) is 11.3 Å². The topological polar surface area (TPSA) is 103 Å². The van der Waals surface area contributed by atoms with E-state index in [1.165, 1.54) is 11.3 Å². The van der Waals surface area contributed by atoms with Crippen LogP contribution in [0.1, 0.15) is 40.8 Å². The monoisotopic (exact) mass is 427 g/mol. The van der Waals surface area contributed by atoms with E-state index >= 15 is 0 Å². The minimum atomic E-state index is -0.149. The van der Waals surface area contributed by atoms with Gasteiger partial charge in [-0.1, -0.05) is 12.1 Å². The third-order valence-corrected chi connectivity index (χ3v) is 6.23. The average molecular weight is 428 g/mol. The molecule has 8 heteroatoms. The Kier molecular flexibility index (Phi) is 7.44. The van der Waals surface area contributed by atoms with Crippen LogP contribution in [0.2, 0.25) is 0 Å². The van der Waals surface area contributed by atoms with E-state index in [0.717, 1.165) is 21.8 Å². The number of methoxy groups -OCH3 is 1. The summed E-state index contributed by atoms with van der Waals surface area (Å²) < 4.78 is 5.21. The number of fused-ring (bicyclic) bond motifs is 1. The molecule has 1 aromatic heterocycles. The smallest absolute Gasteiger partial charge is 0.225 e. The van der Waals surface area contributed by atoms with Crippen molar-refractivity contribution in [2.45, 2.75) is 38.6 Å². The van der Waals surface area contributed by atoms with Crippen LogP contribution >= 0.6 is 11.3 Å². The predicted octanol–water partition coefficient (Wildman–Crippen LogP) is 2.86. The van der Waals surface area contributed by atoms with Gasteiger partial charge in [0.25, 0.3) is 0 Å². The van der Waals surface area contributed by atoms with Crippen LogP contribution in [-0.2, 0) is 29.0 Å². The molecule has 2 heterocycles. The fraction of sp³-hybridized carbons (Fsp3) is 0.409. The zero-order chi connectivity index (χ0) is 21.5. The Hall–Kier alpha value is -2.89. The van der Waals surface area contributed by atoms with Crippen molar-refractivity contribution < 1.29 is 19.4 Å². The molecule has 0 bridgehead atoms. The maximum atomic E-state index is 12.5. The first kappa shape index (κ1) is 21.8. The van der Waals surface area contributed by atoms with Crippen LogP contribution in [0.3, 0.4) is 0 Å². The lowest BCUT2D eigenvalue weighted by atomic mass is 10.0. The number of nitrogens with zero attached hydrogens (tertiary/aromatic N) is 2. The van der Waals surface area contributed by atoms with Gasteiger partial charge in [0.15, 0.2) is 0 Å². The summed E-state index contributed by atoms with van der Waals surface area (Å²) in [6, 6.07) is 9.82. The molecule has 2 amide bonds. The van der Waals surface area contributed by atoms with Gasteiger partial charge in [0.1, 0.15) is 16.8 Å². The zero-order valence-corrected chi connectivity index (χ0v) is 17.8. The number of carbonyl (C=O) groups is 2. The molecular weight excluding hydrogens is 402 g/mol. The highest BCUT2D eigenvalue weighted by Crippen LogP contribution is 2.37. The van der Waals surface area contributed by atoms with Crippen molar-refractivity contribution in [3.05, 3.63) is 45.8 Å². The van der Waals surface area contributed by atoms with E-state index in [4.69, 9.17) is 9.84 Å². The van der Waals surface area contributed by atoms with E-state index in [1.807, 2.05) is 24.3 Å². The molecule has 2 N–H and O–H groups in total. The van der Waals surface area contributed by atoms with Gasteiger partial charge in [-0.3, -0.25) is 9.59 Å². The lowest BCUT2D eigenvalue weighted by molar-refractivity contribution is -0.132. The Bertz CT molecular complexity index is 964. The van der Waals surface area contributed by atoms with Crippen LogP contribution < -0.4 is 10.1 Å². The number of nitriles is 1. The number of anilines is 1. The van der Waals surface area contributed by atoms with Gasteiger partial charge >= 0.3 is 0 Å². The van der Waals surface area contributed by atoms with Gasteiger partial charge in [-0.25, -0.2) is 0 Å². The minimum absolute atomic E-state index is 0.00508. The Labute approximate surface area is 179 Å². The molecular formula is C22H25N3O4S. The Morgan fingerprint density at radius 3 is 2.93 bits per heavy atom. The number of benzene rings is 1. The van der Waals surface area contributed by atoms with E-state index in [0.29, 0.717) is 55.8 Å². The van der Waals surface area contributed by atoms with E-state index in [1.54, 1.807) is 12.0 Å². The van der Waals surface area contributed by atoms with Crippen LogP contribution in [-0.4, -0.2) is 42.1 Å². The standard InChI is InChI=1S/C22H25N3O4S/c1-29-16-5-2-4-15(12-16)7-8-20(27)24-22-18(13-23)17-9-10-25(14-19(17)30-22)21(28)6-3-11-26/h2,4-5,12,26H,3,6-11,14H2,1H3,(H,24,27). The van der Waals surface area contributed by atoms with Crippen molar-refractivity contribution in [1.82, 2.24) is 4.90 Å². The molecule has 7 nitrogen and oxygen atoms in total. The van der Waals surface area contributed by atoms with Crippen molar-refractivity contribution in [3.8, 4) is 11.8 Å². The summed E-state index contributed by atoms with van der Waals surface area (Å²) in [7, 11) is 1.61. The fourth-order valence-corrected chi connectivity index (χ4v) is 4.72.